The summed E-state index contributed by atoms with van der Waals surface area (Å²) in [5.41, 5.74) is 6.52. The summed E-state index contributed by atoms with van der Waals surface area (Å²) >= 11 is 0. The number of rotatable bonds is 4. The Kier molecular flexibility index (Phi) is 3.63. The van der Waals surface area contributed by atoms with Crippen molar-refractivity contribution in [3.8, 4) is 0 Å². The zero-order valence-corrected chi connectivity index (χ0v) is 9.51. The van der Waals surface area contributed by atoms with Crippen LogP contribution in [0.5, 0.6) is 0 Å². The summed E-state index contributed by atoms with van der Waals surface area (Å²) in [5.74, 6) is -0.619. The van der Waals surface area contributed by atoms with Crippen LogP contribution in [-0.4, -0.2) is 20.9 Å². The van der Waals surface area contributed by atoms with Crippen LogP contribution in [0.1, 0.15) is 5.69 Å². The van der Waals surface area contributed by atoms with Gasteiger partial charge in [-0.25, -0.2) is 9.07 Å². The van der Waals surface area contributed by atoms with Crippen LogP contribution in [0.4, 0.5) is 10.1 Å². The van der Waals surface area contributed by atoms with Gasteiger partial charge in [0.05, 0.1) is 11.9 Å². The number of hydrogen-bond acceptors (Lipinski definition) is 4. The molecule has 1 aromatic carbocycles. The standard InChI is InChI=1S/C11H12FN5O/c12-8-1-3-9(4-2-8)14-11(18)7-17-6-10(5-13)15-16-17/h1-4,6H,5,7,13H2,(H,14,18). The molecule has 1 amide bonds. The Hall–Kier alpha value is -2.28. The van der Waals surface area contributed by atoms with Gasteiger partial charge in [-0.2, -0.15) is 0 Å². The molecule has 3 N–H and O–H groups in total. The number of benzene rings is 1. The van der Waals surface area contributed by atoms with E-state index in [2.05, 4.69) is 15.6 Å². The molecule has 0 aliphatic rings. The monoisotopic (exact) mass is 249 g/mol. The lowest BCUT2D eigenvalue weighted by Gasteiger charge is -2.04. The fourth-order valence-electron chi connectivity index (χ4n) is 1.39. The zero-order valence-electron chi connectivity index (χ0n) is 9.51. The van der Waals surface area contributed by atoms with Gasteiger partial charge in [0.2, 0.25) is 5.91 Å². The second kappa shape index (κ2) is 5.37. The molecule has 2 aromatic rings. The Morgan fingerprint density at radius 2 is 2.11 bits per heavy atom. The molecule has 0 atom stereocenters. The number of nitrogens with zero attached hydrogens (tertiary/aromatic N) is 3. The molecule has 0 fully saturated rings. The molecule has 0 saturated carbocycles. The van der Waals surface area contributed by atoms with E-state index in [1.807, 2.05) is 0 Å². The Bertz CT molecular complexity index is 537. The first kappa shape index (κ1) is 12.2. The number of nitrogens with one attached hydrogen (secondary N) is 1. The van der Waals surface area contributed by atoms with Gasteiger partial charge in [-0.05, 0) is 24.3 Å². The van der Waals surface area contributed by atoms with Gasteiger partial charge < -0.3 is 11.1 Å². The molecule has 94 valence electrons. The second-order valence-electron chi connectivity index (χ2n) is 3.67. The maximum absolute atomic E-state index is 12.7. The maximum atomic E-state index is 12.7. The topological polar surface area (TPSA) is 85.8 Å². The quantitative estimate of drug-likeness (QED) is 0.826. The van der Waals surface area contributed by atoms with Crippen LogP contribution in [0.15, 0.2) is 30.5 Å². The van der Waals surface area contributed by atoms with Crippen molar-refractivity contribution in [3.63, 3.8) is 0 Å². The van der Waals surface area contributed by atoms with E-state index in [-0.39, 0.29) is 24.8 Å². The SMILES string of the molecule is NCc1cn(CC(=O)Nc2ccc(F)cc2)nn1. The van der Waals surface area contributed by atoms with Gasteiger partial charge >= 0.3 is 0 Å². The Balaban J connectivity index is 1.94. The van der Waals surface area contributed by atoms with Crippen molar-refractivity contribution >= 4 is 11.6 Å². The van der Waals surface area contributed by atoms with Gasteiger partial charge in [-0.3, -0.25) is 4.79 Å². The minimum atomic E-state index is -0.350. The van der Waals surface area contributed by atoms with Gasteiger partial charge in [0.15, 0.2) is 0 Å². The predicted octanol–water partition coefficient (Wildman–Crippen LogP) is 0.515. The van der Waals surface area contributed by atoms with E-state index in [9.17, 15) is 9.18 Å². The molecule has 0 aliphatic carbocycles. The lowest BCUT2D eigenvalue weighted by Crippen LogP contribution is -2.19. The van der Waals surface area contributed by atoms with E-state index in [4.69, 9.17) is 5.73 Å². The zero-order chi connectivity index (χ0) is 13.0. The van der Waals surface area contributed by atoms with E-state index < -0.39 is 0 Å². The van der Waals surface area contributed by atoms with Crippen molar-refractivity contribution in [2.24, 2.45) is 5.73 Å². The van der Waals surface area contributed by atoms with Crippen molar-refractivity contribution < 1.29 is 9.18 Å². The molecule has 0 radical (unpaired) electrons. The number of carbonyl (C=O) groups is 1. The van der Waals surface area contributed by atoms with Crippen molar-refractivity contribution in [1.29, 1.82) is 0 Å². The summed E-state index contributed by atoms with van der Waals surface area (Å²) in [4.78, 5) is 11.6. The van der Waals surface area contributed by atoms with Crippen molar-refractivity contribution in [1.82, 2.24) is 15.0 Å². The number of halogens is 1. The summed E-state index contributed by atoms with van der Waals surface area (Å²) in [6, 6.07) is 5.52. The summed E-state index contributed by atoms with van der Waals surface area (Å²) in [7, 11) is 0. The Morgan fingerprint density at radius 3 is 2.72 bits per heavy atom. The molecule has 7 heteroatoms. The molecule has 1 aromatic heterocycles. The molecule has 2 rings (SSSR count). The molecular formula is C11H12FN5O. The lowest BCUT2D eigenvalue weighted by atomic mass is 10.3. The minimum Gasteiger partial charge on any atom is -0.325 e. The van der Waals surface area contributed by atoms with Gasteiger partial charge in [-0.1, -0.05) is 5.21 Å². The summed E-state index contributed by atoms with van der Waals surface area (Å²) in [6.07, 6.45) is 1.60. The Morgan fingerprint density at radius 1 is 1.39 bits per heavy atom. The predicted molar refractivity (Wildman–Crippen MR) is 62.9 cm³/mol. The normalized spacial score (nSPS) is 10.3. The van der Waals surface area contributed by atoms with Gasteiger partial charge in [0.1, 0.15) is 12.4 Å². The highest BCUT2D eigenvalue weighted by Gasteiger charge is 2.05. The number of nitrogens with two attached hydrogens (primary N) is 1. The highest BCUT2D eigenvalue weighted by atomic mass is 19.1. The first-order valence-corrected chi connectivity index (χ1v) is 5.32. The minimum absolute atomic E-state index is 0.0321. The molecule has 0 saturated heterocycles. The van der Waals surface area contributed by atoms with E-state index in [1.165, 1.54) is 28.9 Å². The third-order valence-electron chi connectivity index (χ3n) is 2.23. The summed E-state index contributed by atoms with van der Waals surface area (Å²) < 4.78 is 14.1. The van der Waals surface area contributed by atoms with E-state index in [1.54, 1.807) is 6.20 Å². The van der Waals surface area contributed by atoms with Crippen molar-refractivity contribution in [3.05, 3.63) is 42.0 Å². The van der Waals surface area contributed by atoms with Crippen LogP contribution in [0, 0.1) is 5.82 Å². The van der Waals surface area contributed by atoms with Crippen molar-refractivity contribution in [2.75, 3.05) is 5.32 Å². The van der Waals surface area contributed by atoms with Gasteiger partial charge in [0, 0.05) is 12.2 Å². The molecule has 0 spiro atoms. The molecule has 18 heavy (non-hydrogen) atoms. The molecule has 0 aliphatic heterocycles. The molecule has 6 nitrogen and oxygen atoms in total. The van der Waals surface area contributed by atoms with Crippen LogP contribution in [0.2, 0.25) is 0 Å². The van der Waals surface area contributed by atoms with E-state index >= 15 is 0 Å². The van der Waals surface area contributed by atoms with Crippen LogP contribution < -0.4 is 11.1 Å². The summed E-state index contributed by atoms with van der Waals surface area (Å²) in [5, 5.41) is 10.1. The number of amides is 1. The molecule has 1 heterocycles. The average molecular weight is 249 g/mol. The maximum Gasteiger partial charge on any atom is 0.246 e. The smallest absolute Gasteiger partial charge is 0.246 e. The number of anilines is 1. The average Bonchev–Trinajstić information content (AvgIpc) is 2.79. The largest absolute Gasteiger partial charge is 0.325 e. The molecule has 0 unspecified atom stereocenters. The van der Waals surface area contributed by atoms with E-state index in [0.717, 1.165) is 0 Å². The van der Waals surface area contributed by atoms with Gasteiger partial charge in [-0.15, -0.1) is 5.10 Å². The first-order valence-electron chi connectivity index (χ1n) is 5.32. The third kappa shape index (κ3) is 3.11. The highest BCUT2D eigenvalue weighted by molar-refractivity contribution is 5.90. The fraction of sp³-hybridized carbons (Fsp3) is 0.182. The Labute approximate surface area is 103 Å². The number of aromatic nitrogens is 3. The second-order valence-corrected chi connectivity index (χ2v) is 3.67. The fourth-order valence-corrected chi connectivity index (χ4v) is 1.39. The van der Waals surface area contributed by atoms with Crippen LogP contribution >= 0.6 is 0 Å². The van der Waals surface area contributed by atoms with Crippen LogP contribution in [0.3, 0.4) is 0 Å². The lowest BCUT2D eigenvalue weighted by molar-refractivity contribution is -0.116. The van der Waals surface area contributed by atoms with Crippen LogP contribution in [0.25, 0.3) is 0 Å². The van der Waals surface area contributed by atoms with E-state index in [0.29, 0.717) is 11.4 Å². The molecular weight excluding hydrogens is 237 g/mol. The van der Waals surface area contributed by atoms with Gasteiger partial charge in [0.25, 0.3) is 0 Å². The van der Waals surface area contributed by atoms with Crippen molar-refractivity contribution in [2.45, 2.75) is 13.1 Å². The summed E-state index contributed by atoms with van der Waals surface area (Å²) in [6.45, 7) is 0.309. The number of carbonyl (C=O) groups excluding carboxylic acids is 1. The number of hydrogen-bond donors (Lipinski definition) is 2. The first-order chi connectivity index (χ1) is 8.67. The third-order valence-corrected chi connectivity index (χ3v) is 2.23. The molecule has 0 bridgehead atoms. The highest BCUT2D eigenvalue weighted by Crippen LogP contribution is 2.08. The van der Waals surface area contributed by atoms with Crippen LogP contribution in [-0.2, 0) is 17.9 Å².